The van der Waals surface area contributed by atoms with Crippen molar-refractivity contribution in [2.24, 2.45) is 0 Å². The molecule has 1 aromatic rings. The second-order valence-electron chi connectivity index (χ2n) is 3.99. The Kier molecular flexibility index (Phi) is 2.11. The van der Waals surface area contributed by atoms with E-state index >= 15 is 0 Å². The van der Waals surface area contributed by atoms with Gasteiger partial charge in [0.1, 0.15) is 0 Å². The van der Waals surface area contributed by atoms with Gasteiger partial charge in [0.2, 0.25) is 0 Å². The minimum Gasteiger partial charge on any atom is -0.365 e. The number of hydrogen-bond acceptors (Lipinski definition) is 4. The largest absolute Gasteiger partial charge is 0.365 e. The number of hydrogen-bond donors (Lipinski definition) is 0. The molecule has 2 aliphatic heterocycles. The number of pyridine rings is 1. The summed E-state index contributed by atoms with van der Waals surface area (Å²) in [6, 6.07) is 4.03. The molecule has 80 valence electrons. The zero-order valence-corrected chi connectivity index (χ0v) is 8.56. The van der Waals surface area contributed by atoms with Gasteiger partial charge in [0.05, 0.1) is 31.6 Å². The van der Waals surface area contributed by atoms with Crippen LogP contribution >= 0.6 is 0 Å². The molecule has 3 rings (SSSR count). The molecule has 0 N–H and O–H groups in total. The molecule has 15 heavy (non-hydrogen) atoms. The average molecular weight is 206 g/mol. The fourth-order valence-corrected chi connectivity index (χ4v) is 2.25. The first-order valence-corrected chi connectivity index (χ1v) is 5.31. The summed E-state index contributed by atoms with van der Waals surface area (Å²) >= 11 is 0. The number of ether oxygens (including phenoxy) is 2. The first-order valence-electron chi connectivity index (χ1n) is 5.31. The van der Waals surface area contributed by atoms with Crippen LogP contribution in [0.2, 0.25) is 0 Å². The molecule has 2 saturated heterocycles. The number of nitrogens with zero attached hydrogens (tertiary/aromatic N) is 2. The van der Waals surface area contributed by atoms with E-state index in [2.05, 4.69) is 16.0 Å². The van der Waals surface area contributed by atoms with Crippen LogP contribution in [0.15, 0.2) is 24.5 Å². The second kappa shape index (κ2) is 3.47. The molecular weight excluding hydrogens is 192 g/mol. The van der Waals surface area contributed by atoms with Gasteiger partial charge in [0.25, 0.3) is 0 Å². The number of rotatable bonds is 1. The second-order valence-corrected chi connectivity index (χ2v) is 3.99. The molecule has 4 heteroatoms. The molecule has 0 atom stereocenters. The highest BCUT2D eigenvalue weighted by Crippen LogP contribution is 2.32. The minimum absolute atomic E-state index is 0.337. The number of anilines is 1. The van der Waals surface area contributed by atoms with Gasteiger partial charge in [-0.15, -0.1) is 0 Å². The average Bonchev–Trinajstić information content (AvgIpc) is 2.91. The summed E-state index contributed by atoms with van der Waals surface area (Å²) in [4.78, 5) is 6.38. The third-order valence-corrected chi connectivity index (χ3v) is 3.02. The van der Waals surface area contributed by atoms with Crippen molar-refractivity contribution in [3.63, 3.8) is 0 Å². The first kappa shape index (κ1) is 9.12. The Morgan fingerprint density at radius 2 is 2.20 bits per heavy atom. The van der Waals surface area contributed by atoms with E-state index in [1.165, 1.54) is 0 Å². The summed E-state index contributed by atoms with van der Waals surface area (Å²) in [6.45, 7) is 3.24. The van der Waals surface area contributed by atoms with Crippen LogP contribution in [-0.2, 0) is 9.47 Å². The van der Waals surface area contributed by atoms with Crippen LogP contribution in [0.5, 0.6) is 0 Å². The van der Waals surface area contributed by atoms with Crippen molar-refractivity contribution >= 4 is 5.69 Å². The Hall–Kier alpha value is -1.13. The summed E-state index contributed by atoms with van der Waals surface area (Å²) in [6.07, 6.45) is 4.62. The Balaban J connectivity index is 1.76. The molecule has 0 aromatic carbocycles. The lowest BCUT2D eigenvalue weighted by atomic mass is 10.2. The summed E-state index contributed by atoms with van der Waals surface area (Å²) in [5, 5.41) is 0. The van der Waals surface area contributed by atoms with E-state index in [1.54, 1.807) is 6.20 Å². The minimum atomic E-state index is -0.337. The van der Waals surface area contributed by atoms with Gasteiger partial charge < -0.3 is 14.4 Å². The molecule has 4 nitrogen and oxygen atoms in total. The van der Waals surface area contributed by atoms with Crippen molar-refractivity contribution in [2.75, 3.05) is 31.2 Å². The fourth-order valence-electron chi connectivity index (χ4n) is 2.25. The molecule has 0 aliphatic carbocycles. The van der Waals surface area contributed by atoms with Crippen molar-refractivity contribution in [2.45, 2.75) is 12.2 Å². The van der Waals surface area contributed by atoms with Crippen LogP contribution in [0, 0.1) is 0 Å². The highest BCUT2D eigenvalue weighted by Gasteiger charge is 2.43. The summed E-state index contributed by atoms with van der Waals surface area (Å²) in [5.74, 6) is -0.337. The van der Waals surface area contributed by atoms with Crippen molar-refractivity contribution in [3.8, 4) is 0 Å². The zero-order valence-electron chi connectivity index (χ0n) is 8.56. The van der Waals surface area contributed by atoms with E-state index in [0.29, 0.717) is 0 Å². The molecule has 2 fully saturated rings. The third kappa shape index (κ3) is 1.60. The van der Waals surface area contributed by atoms with Gasteiger partial charge >= 0.3 is 0 Å². The van der Waals surface area contributed by atoms with E-state index in [4.69, 9.17) is 9.47 Å². The fraction of sp³-hybridized carbons (Fsp3) is 0.545. The highest BCUT2D eigenvalue weighted by atomic mass is 16.7. The van der Waals surface area contributed by atoms with Crippen LogP contribution < -0.4 is 4.90 Å². The van der Waals surface area contributed by atoms with Gasteiger partial charge in [-0.1, -0.05) is 0 Å². The van der Waals surface area contributed by atoms with E-state index in [1.807, 2.05) is 12.3 Å². The van der Waals surface area contributed by atoms with Crippen LogP contribution in [-0.4, -0.2) is 37.1 Å². The van der Waals surface area contributed by atoms with Gasteiger partial charge in [0, 0.05) is 19.2 Å². The van der Waals surface area contributed by atoms with Crippen LogP contribution in [0.4, 0.5) is 5.69 Å². The summed E-state index contributed by atoms with van der Waals surface area (Å²) < 4.78 is 11.3. The van der Waals surface area contributed by atoms with Crippen LogP contribution in [0.3, 0.4) is 0 Å². The van der Waals surface area contributed by atoms with Crippen molar-refractivity contribution < 1.29 is 9.47 Å². The molecule has 0 radical (unpaired) electrons. The Bertz CT molecular complexity index is 336. The highest BCUT2D eigenvalue weighted by molar-refractivity contribution is 5.45. The maximum atomic E-state index is 5.67. The molecule has 0 amide bonds. The molecule has 0 unspecified atom stereocenters. The van der Waals surface area contributed by atoms with Crippen molar-refractivity contribution in [1.82, 2.24) is 4.98 Å². The summed E-state index contributed by atoms with van der Waals surface area (Å²) in [5.41, 5.74) is 1.15. The molecule has 0 bridgehead atoms. The van der Waals surface area contributed by atoms with Gasteiger partial charge in [-0.25, -0.2) is 0 Å². The monoisotopic (exact) mass is 206 g/mol. The standard InChI is InChI=1S/C11H14N2O2/c1-2-10(8-12-4-1)13-5-3-11(9-13)14-6-7-15-11/h1-2,4,8H,3,5-7,9H2. The third-order valence-electron chi connectivity index (χ3n) is 3.02. The van der Waals surface area contributed by atoms with E-state index in [0.717, 1.165) is 38.4 Å². The lowest BCUT2D eigenvalue weighted by Gasteiger charge is -2.23. The number of aromatic nitrogens is 1. The summed E-state index contributed by atoms with van der Waals surface area (Å²) in [7, 11) is 0. The van der Waals surface area contributed by atoms with Crippen LogP contribution in [0.1, 0.15) is 6.42 Å². The molecule has 2 aliphatic rings. The predicted octanol–water partition coefficient (Wildman–Crippen LogP) is 1.03. The Morgan fingerprint density at radius 1 is 1.33 bits per heavy atom. The van der Waals surface area contributed by atoms with Gasteiger partial charge in [-0.3, -0.25) is 4.98 Å². The normalized spacial score (nSPS) is 23.9. The lowest BCUT2D eigenvalue weighted by molar-refractivity contribution is -0.137. The van der Waals surface area contributed by atoms with Gasteiger partial charge in [0.15, 0.2) is 5.79 Å². The smallest absolute Gasteiger partial charge is 0.187 e. The lowest BCUT2D eigenvalue weighted by Crippen LogP contribution is -2.34. The Morgan fingerprint density at radius 3 is 2.93 bits per heavy atom. The zero-order chi connectivity index (χ0) is 10.1. The van der Waals surface area contributed by atoms with Gasteiger partial charge in [-0.2, -0.15) is 0 Å². The van der Waals surface area contributed by atoms with Gasteiger partial charge in [-0.05, 0) is 12.1 Å². The van der Waals surface area contributed by atoms with E-state index in [9.17, 15) is 0 Å². The first-order chi connectivity index (χ1) is 7.38. The maximum Gasteiger partial charge on any atom is 0.187 e. The van der Waals surface area contributed by atoms with Crippen LogP contribution in [0.25, 0.3) is 0 Å². The molecule has 1 aromatic heterocycles. The molecular formula is C11H14N2O2. The van der Waals surface area contributed by atoms with Crippen molar-refractivity contribution in [1.29, 1.82) is 0 Å². The van der Waals surface area contributed by atoms with Crippen molar-refractivity contribution in [3.05, 3.63) is 24.5 Å². The Labute approximate surface area is 88.8 Å². The maximum absolute atomic E-state index is 5.67. The molecule has 0 saturated carbocycles. The quantitative estimate of drug-likeness (QED) is 0.687. The predicted molar refractivity (Wildman–Crippen MR) is 55.7 cm³/mol. The topological polar surface area (TPSA) is 34.6 Å². The SMILES string of the molecule is c1cncc(N2CCC3(C2)OCCO3)c1. The van der Waals surface area contributed by atoms with E-state index in [-0.39, 0.29) is 5.79 Å². The van der Waals surface area contributed by atoms with E-state index < -0.39 is 0 Å². The molecule has 1 spiro atoms. The molecule has 3 heterocycles.